The number of hydrogen-bond acceptors (Lipinski definition) is 4. The molecule has 0 atom stereocenters. The highest BCUT2D eigenvalue weighted by Gasteiger charge is 2.26. The zero-order valence-electron chi connectivity index (χ0n) is 13.1. The number of halogens is 1. The predicted octanol–water partition coefficient (Wildman–Crippen LogP) is 3.75. The number of primary amides is 1. The molecule has 3 N–H and O–H groups in total. The molecule has 0 radical (unpaired) electrons. The lowest BCUT2D eigenvalue weighted by Gasteiger charge is -2.09. The molecule has 0 saturated heterocycles. The van der Waals surface area contributed by atoms with Crippen LogP contribution in [0.25, 0.3) is 0 Å². The van der Waals surface area contributed by atoms with Crippen LogP contribution in [0.2, 0.25) is 0 Å². The number of anilines is 1. The molecule has 0 bridgehead atoms. The van der Waals surface area contributed by atoms with Gasteiger partial charge in [-0.15, -0.1) is 11.3 Å². The van der Waals surface area contributed by atoms with E-state index >= 15 is 0 Å². The van der Waals surface area contributed by atoms with Crippen molar-refractivity contribution in [2.24, 2.45) is 5.73 Å². The molecule has 0 unspecified atom stereocenters. The van der Waals surface area contributed by atoms with E-state index in [2.05, 4.69) is 21.2 Å². The summed E-state index contributed by atoms with van der Waals surface area (Å²) in [4.78, 5) is 25.4. The molecule has 1 aromatic heterocycles. The number of ether oxygens (including phenoxy) is 1. The lowest BCUT2D eigenvalue weighted by molar-refractivity contribution is 0.100. The van der Waals surface area contributed by atoms with E-state index in [0.29, 0.717) is 33.0 Å². The fraction of sp³-hybridized carbons (Fsp3) is 0.294. The number of carbonyl (C=O) groups is 2. The first-order chi connectivity index (χ1) is 11.5. The largest absolute Gasteiger partial charge is 0.493 e. The molecule has 2 amide bonds. The van der Waals surface area contributed by atoms with E-state index in [4.69, 9.17) is 10.5 Å². The Kier molecular flexibility index (Phi) is 4.91. The Morgan fingerprint density at radius 1 is 1.38 bits per heavy atom. The van der Waals surface area contributed by atoms with Crippen molar-refractivity contribution in [1.82, 2.24) is 0 Å². The van der Waals surface area contributed by atoms with Gasteiger partial charge in [0.15, 0.2) is 0 Å². The molecule has 24 heavy (non-hydrogen) atoms. The van der Waals surface area contributed by atoms with Gasteiger partial charge in [0.2, 0.25) is 0 Å². The number of aryl methyl sites for hydroxylation is 1. The maximum Gasteiger partial charge on any atom is 0.256 e. The Morgan fingerprint density at radius 3 is 2.83 bits per heavy atom. The third-order valence-electron chi connectivity index (χ3n) is 3.89. The van der Waals surface area contributed by atoms with Crippen LogP contribution in [0.5, 0.6) is 5.75 Å². The highest BCUT2D eigenvalue weighted by molar-refractivity contribution is 9.10. The second-order valence-corrected chi connectivity index (χ2v) is 7.42. The smallest absolute Gasteiger partial charge is 0.256 e. The molecule has 5 nitrogen and oxygen atoms in total. The van der Waals surface area contributed by atoms with Gasteiger partial charge in [0.05, 0.1) is 16.6 Å². The first-order valence-corrected chi connectivity index (χ1v) is 9.30. The fourth-order valence-electron chi connectivity index (χ4n) is 2.84. The molecule has 7 heteroatoms. The van der Waals surface area contributed by atoms with Gasteiger partial charge in [0.25, 0.3) is 11.8 Å². The van der Waals surface area contributed by atoms with E-state index in [9.17, 15) is 9.59 Å². The molecule has 0 aliphatic heterocycles. The third-order valence-corrected chi connectivity index (χ3v) is 5.72. The van der Waals surface area contributed by atoms with Crippen LogP contribution in [0.1, 0.15) is 44.5 Å². The first-order valence-electron chi connectivity index (χ1n) is 7.69. The summed E-state index contributed by atoms with van der Waals surface area (Å²) in [5.74, 6) is -0.0827. The van der Waals surface area contributed by atoms with Gasteiger partial charge in [-0.25, -0.2) is 0 Å². The summed E-state index contributed by atoms with van der Waals surface area (Å²) in [5, 5.41) is 3.38. The van der Waals surface area contributed by atoms with E-state index in [1.807, 2.05) is 6.92 Å². The average molecular weight is 409 g/mol. The molecule has 1 aliphatic rings. The quantitative estimate of drug-likeness (QED) is 0.789. The number of hydrogen-bond donors (Lipinski definition) is 2. The van der Waals surface area contributed by atoms with Crippen molar-refractivity contribution in [3.63, 3.8) is 0 Å². The Morgan fingerprint density at radius 2 is 2.17 bits per heavy atom. The molecule has 0 saturated carbocycles. The fourth-order valence-corrected chi connectivity index (χ4v) is 4.63. The molecule has 0 spiro atoms. The van der Waals surface area contributed by atoms with Crippen LogP contribution >= 0.6 is 27.3 Å². The highest BCUT2D eigenvalue weighted by atomic mass is 79.9. The average Bonchev–Trinajstić information content (AvgIpc) is 3.09. The summed E-state index contributed by atoms with van der Waals surface area (Å²) in [6.45, 7) is 2.45. The maximum atomic E-state index is 12.5. The molecule has 1 aliphatic carbocycles. The number of nitrogens with two attached hydrogens (primary N) is 1. The number of nitrogens with one attached hydrogen (secondary N) is 1. The summed E-state index contributed by atoms with van der Waals surface area (Å²) in [6.07, 6.45) is 2.81. The molecular formula is C17H17BrN2O3S. The van der Waals surface area contributed by atoms with Gasteiger partial charge in [0.1, 0.15) is 10.8 Å². The van der Waals surface area contributed by atoms with Crippen LogP contribution < -0.4 is 15.8 Å². The molecule has 1 aromatic carbocycles. The summed E-state index contributed by atoms with van der Waals surface area (Å²) in [7, 11) is 0. The monoisotopic (exact) mass is 408 g/mol. The van der Waals surface area contributed by atoms with Gasteiger partial charge in [-0.2, -0.15) is 0 Å². The van der Waals surface area contributed by atoms with E-state index in [0.717, 1.165) is 29.7 Å². The Hall–Kier alpha value is -1.86. The summed E-state index contributed by atoms with van der Waals surface area (Å²) < 4.78 is 6.15. The second kappa shape index (κ2) is 6.94. The molecule has 126 valence electrons. The second-order valence-electron chi connectivity index (χ2n) is 5.46. The van der Waals surface area contributed by atoms with Crippen LogP contribution in [0, 0.1) is 0 Å². The van der Waals surface area contributed by atoms with E-state index in [1.165, 1.54) is 11.3 Å². The van der Waals surface area contributed by atoms with Crippen molar-refractivity contribution in [1.29, 1.82) is 0 Å². The SMILES string of the molecule is CCOc1ccc(C(=O)Nc2sc3c(c2C(N)=O)CCC3)cc1Br. The standard InChI is InChI=1S/C17H17BrN2O3S/c1-2-23-12-7-6-9(8-11(12)18)16(22)20-17-14(15(19)21)10-4-3-5-13(10)24-17/h6-8H,2-5H2,1H3,(H2,19,21)(H,20,22). The number of carbonyl (C=O) groups excluding carboxylic acids is 2. The molecular weight excluding hydrogens is 392 g/mol. The van der Waals surface area contributed by atoms with Crippen molar-refractivity contribution in [3.8, 4) is 5.75 Å². The van der Waals surface area contributed by atoms with E-state index in [-0.39, 0.29) is 5.91 Å². The van der Waals surface area contributed by atoms with Gasteiger partial charge < -0.3 is 15.8 Å². The minimum atomic E-state index is -0.488. The van der Waals surface area contributed by atoms with Crippen molar-refractivity contribution in [3.05, 3.63) is 44.2 Å². The van der Waals surface area contributed by atoms with Gasteiger partial charge in [0, 0.05) is 10.4 Å². The molecule has 1 heterocycles. The van der Waals surface area contributed by atoms with Crippen LogP contribution in [0.3, 0.4) is 0 Å². The van der Waals surface area contributed by atoms with E-state index in [1.54, 1.807) is 18.2 Å². The molecule has 3 rings (SSSR count). The number of amides is 2. The summed E-state index contributed by atoms with van der Waals surface area (Å²) in [6, 6.07) is 5.13. The van der Waals surface area contributed by atoms with Crippen molar-refractivity contribution < 1.29 is 14.3 Å². The Labute approximate surface area is 152 Å². The number of fused-ring (bicyclic) bond motifs is 1. The van der Waals surface area contributed by atoms with Gasteiger partial charge in [-0.1, -0.05) is 0 Å². The highest BCUT2D eigenvalue weighted by Crippen LogP contribution is 2.39. The first kappa shape index (κ1) is 17.0. The van der Waals surface area contributed by atoms with Gasteiger partial charge in [-0.3, -0.25) is 9.59 Å². The van der Waals surface area contributed by atoms with Crippen molar-refractivity contribution in [2.45, 2.75) is 26.2 Å². The van der Waals surface area contributed by atoms with Gasteiger partial charge >= 0.3 is 0 Å². The van der Waals surface area contributed by atoms with Crippen LogP contribution in [0.15, 0.2) is 22.7 Å². The maximum absolute atomic E-state index is 12.5. The van der Waals surface area contributed by atoms with Crippen molar-refractivity contribution in [2.75, 3.05) is 11.9 Å². The minimum absolute atomic E-state index is 0.277. The Bertz CT molecular complexity index is 816. The zero-order chi connectivity index (χ0) is 17.3. The minimum Gasteiger partial charge on any atom is -0.493 e. The summed E-state index contributed by atoms with van der Waals surface area (Å²) in [5.41, 5.74) is 7.46. The summed E-state index contributed by atoms with van der Waals surface area (Å²) >= 11 is 4.85. The number of benzene rings is 1. The lowest BCUT2D eigenvalue weighted by Crippen LogP contribution is -2.17. The zero-order valence-corrected chi connectivity index (χ0v) is 15.6. The third kappa shape index (κ3) is 3.18. The van der Waals surface area contributed by atoms with Crippen molar-refractivity contribution >= 4 is 44.1 Å². The van der Waals surface area contributed by atoms with Gasteiger partial charge in [-0.05, 0) is 65.9 Å². The van der Waals surface area contributed by atoms with Crippen LogP contribution in [-0.4, -0.2) is 18.4 Å². The topological polar surface area (TPSA) is 81.4 Å². The Balaban J connectivity index is 1.85. The lowest BCUT2D eigenvalue weighted by atomic mass is 10.1. The molecule has 2 aromatic rings. The normalized spacial score (nSPS) is 12.8. The predicted molar refractivity (Wildman–Crippen MR) is 98.1 cm³/mol. The molecule has 0 fully saturated rings. The van der Waals surface area contributed by atoms with E-state index < -0.39 is 5.91 Å². The van der Waals surface area contributed by atoms with Crippen LogP contribution in [0.4, 0.5) is 5.00 Å². The van der Waals surface area contributed by atoms with Crippen LogP contribution in [-0.2, 0) is 12.8 Å². The number of rotatable bonds is 5. The number of thiophene rings is 1.